The molecule has 2 aromatic heterocycles. The molecule has 1 saturated heterocycles. The molecular weight excluding hydrogens is 424 g/mol. The molecule has 8 nitrogen and oxygen atoms in total. The predicted octanol–water partition coefficient (Wildman–Crippen LogP) is 2.03. The summed E-state index contributed by atoms with van der Waals surface area (Å²) in [5.74, 6) is 0.684. The maximum Gasteiger partial charge on any atom is 0.326 e. The normalized spacial score (nSPS) is 17.4. The molecule has 1 unspecified atom stereocenters. The fourth-order valence-corrected chi connectivity index (χ4v) is 5.74. The number of likely N-dealkylation sites (tertiary alicyclic amines) is 1. The molecule has 30 heavy (non-hydrogen) atoms. The van der Waals surface area contributed by atoms with Gasteiger partial charge in [0, 0.05) is 11.4 Å². The van der Waals surface area contributed by atoms with Gasteiger partial charge in [-0.2, -0.15) is 0 Å². The van der Waals surface area contributed by atoms with Crippen molar-refractivity contribution in [1.82, 2.24) is 19.6 Å². The average Bonchev–Trinajstić information content (AvgIpc) is 3.23. The van der Waals surface area contributed by atoms with Crippen LogP contribution in [0.4, 0.5) is 0 Å². The van der Waals surface area contributed by atoms with Crippen molar-refractivity contribution in [2.45, 2.75) is 30.7 Å². The van der Waals surface area contributed by atoms with Gasteiger partial charge in [0.2, 0.25) is 10.0 Å². The molecule has 4 rings (SSSR count). The van der Waals surface area contributed by atoms with Gasteiger partial charge in [0.1, 0.15) is 0 Å². The van der Waals surface area contributed by atoms with Crippen molar-refractivity contribution in [3.8, 4) is 0 Å². The minimum absolute atomic E-state index is 0.00950. The second-order valence-corrected chi connectivity index (χ2v) is 10.5. The van der Waals surface area contributed by atoms with Gasteiger partial charge in [-0.25, -0.2) is 17.9 Å². The highest BCUT2D eigenvalue weighted by atomic mass is 32.2. The Morgan fingerprint density at radius 2 is 1.97 bits per heavy atom. The maximum absolute atomic E-state index is 13.0. The van der Waals surface area contributed by atoms with E-state index in [0.717, 1.165) is 30.8 Å². The minimum Gasteiger partial charge on any atom is -0.307 e. The van der Waals surface area contributed by atoms with Crippen LogP contribution in [0, 0.1) is 5.92 Å². The molecule has 0 spiro atoms. The molecule has 1 aliphatic heterocycles. The molecule has 10 heteroatoms. The lowest BCUT2D eigenvalue weighted by molar-refractivity contribution is 0.141. The number of piperidine rings is 1. The molecule has 1 fully saturated rings. The number of nitrogens with one attached hydrogen (secondary N) is 3. The zero-order valence-electron chi connectivity index (χ0n) is 16.6. The van der Waals surface area contributed by atoms with E-state index in [9.17, 15) is 18.0 Å². The molecule has 0 amide bonds. The number of aromatic nitrogens is 2. The van der Waals surface area contributed by atoms with E-state index in [1.54, 1.807) is 11.3 Å². The quantitative estimate of drug-likeness (QED) is 0.534. The molecule has 1 atom stereocenters. The first-order chi connectivity index (χ1) is 14.3. The van der Waals surface area contributed by atoms with Crippen molar-refractivity contribution < 1.29 is 8.42 Å². The first-order valence-electron chi connectivity index (χ1n) is 9.87. The minimum atomic E-state index is -3.83. The van der Waals surface area contributed by atoms with E-state index in [1.807, 2.05) is 17.5 Å². The first-order valence-corrected chi connectivity index (χ1v) is 12.2. The second kappa shape index (κ2) is 8.46. The number of thiophene rings is 1. The molecule has 3 N–H and O–H groups in total. The van der Waals surface area contributed by atoms with Crippen LogP contribution in [0.3, 0.4) is 0 Å². The van der Waals surface area contributed by atoms with E-state index < -0.39 is 21.3 Å². The summed E-state index contributed by atoms with van der Waals surface area (Å²) >= 11 is 1.62. The van der Waals surface area contributed by atoms with Crippen LogP contribution < -0.4 is 16.0 Å². The Balaban J connectivity index is 1.58. The molecule has 160 valence electrons. The SMILES string of the molecule is CC1CCN(C(CNS(=O)(=O)c2ccc3[nH]c(=O)[nH]c(=O)c3c2)c2cccs2)CC1. The van der Waals surface area contributed by atoms with E-state index in [4.69, 9.17) is 0 Å². The Hall–Kier alpha value is -2.27. The fourth-order valence-electron chi connectivity index (χ4n) is 3.81. The van der Waals surface area contributed by atoms with Crippen LogP contribution in [-0.2, 0) is 10.0 Å². The van der Waals surface area contributed by atoms with E-state index in [1.165, 1.54) is 18.2 Å². The number of nitrogens with zero attached hydrogens (tertiary/aromatic N) is 1. The Bertz CT molecular complexity index is 1240. The molecule has 3 aromatic rings. The Morgan fingerprint density at radius 1 is 1.20 bits per heavy atom. The summed E-state index contributed by atoms with van der Waals surface area (Å²) in [7, 11) is -3.83. The third kappa shape index (κ3) is 4.41. The highest BCUT2D eigenvalue weighted by molar-refractivity contribution is 7.89. The van der Waals surface area contributed by atoms with Crippen LogP contribution >= 0.6 is 11.3 Å². The van der Waals surface area contributed by atoms with Crippen LogP contribution in [0.1, 0.15) is 30.7 Å². The molecule has 0 aliphatic carbocycles. The maximum atomic E-state index is 13.0. The highest BCUT2D eigenvalue weighted by Gasteiger charge is 2.27. The summed E-state index contributed by atoms with van der Waals surface area (Å²) in [6.45, 7) is 4.36. The smallest absolute Gasteiger partial charge is 0.307 e. The number of sulfonamides is 1. The highest BCUT2D eigenvalue weighted by Crippen LogP contribution is 2.29. The van der Waals surface area contributed by atoms with Crippen LogP contribution in [0.2, 0.25) is 0 Å². The lowest BCUT2D eigenvalue weighted by Crippen LogP contribution is -2.41. The van der Waals surface area contributed by atoms with E-state index >= 15 is 0 Å². The first kappa shape index (κ1) is 21.0. The summed E-state index contributed by atoms with van der Waals surface area (Å²) in [6, 6.07) is 8.09. The third-order valence-corrected chi connectivity index (χ3v) is 8.01. The van der Waals surface area contributed by atoms with Crippen LogP contribution in [-0.4, -0.2) is 42.9 Å². The number of H-pyrrole nitrogens is 2. The van der Waals surface area contributed by atoms with Gasteiger partial charge in [-0.3, -0.25) is 14.7 Å². The zero-order valence-corrected chi connectivity index (χ0v) is 18.2. The fraction of sp³-hybridized carbons (Fsp3) is 0.400. The number of aromatic amines is 2. The van der Waals surface area contributed by atoms with Gasteiger partial charge in [-0.1, -0.05) is 13.0 Å². The number of hydrogen-bond donors (Lipinski definition) is 3. The van der Waals surface area contributed by atoms with Gasteiger partial charge in [-0.05, 0) is 61.5 Å². The van der Waals surface area contributed by atoms with E-state index in [2.05, 4.69) is 26.5 Å². The average molecular weight is 449 g/mol. The molecule has 1 aromatic carbocycles. The monoisotopic (exact) mass is 448 g/mol. The van der Waals surface area contributed by atoms with Crippen molar-refractivity contribution in [1.29, 1.82) is 0 Å². The zero-order chi connectivity index (χ0) is 21.3. The van der Waals surface area contributed by atoms with Gasteiger partial charge in [-0.15, -0.1) is 11.3 Å². The Kier molecular flexibility index (Phi) is 5.92. The molecule has 0 saturated carbocycles. The van der Waals surface area contributed by atoms with Crippen molar-refractivity contribution in [2.75, 3.05) is 19.6 Å². The van der Waals surface area contributed by atoms with Crippen molar-refractivity contribution in [3.05, 3.63) is 61.4 Å². The van der Waals surface area contributed by atoms with Crippen molar-refractivity contribution >= 4 is 32.3 Å². The molecule has 0 radical (unpaired) electrons. The summed E-state index contributed by atoms with van der Waals surface area (Å²) < 4.78 is 28.6. The number of fused-ring (bicyclic) bond motifs is 1. The van der Waals surface area contributed by atoms with Crippen molar-refractivity contribution in [2.24, 2.45) is 5.92 Å². The van der Waals surface area contributed by atoms with E-state index in [0.29, 0.717) is 11.4 Å². The summed E-state index contributed by atoms with van der Waals surface area (Å²) in [4.78, 5) is 31.5. The summed E-state index contributed by atoms with van der Waals surface area (Å²) in [5.41, 5.74) is -0.956. The van der Waals surface area contributed by atoms with Crippen LogP contribution in [0.25, 0.3) is 10.9 Å². The molecular formula is C20H24N4O4S2. The number of rotatable bonds is 6. The molecule has 0 bridgehead atoms. The van der Waals surface area contributed by atoms with Crippen molar-refractivity contribution in [3.63, 3.8) is 0 Å². The Labute approximate surface area is 178 Å². The molecule has 3 heterocycles. The number of benzene rings is 1. The lowest BCUT2D eigenvalue weighted by Gasteiger charge is -2.36. The lowest BCUT2D eigenvalue weighted by atomic mass is 9.97. The van der Waals surface area contributed by atoms with Gasteiger partial charge >= 0.3 is 5.69 Å². The largest absolute Gasteiger partial charge is 0.326 e. The van der Waals surface area contributed by atoms with Gasteiger partial charge in [0.15, 0.2) is 0 Å². The van der Waals surface area contributed by atoms with Crippen LogP contribution in [0.5, 0.6) is 0 Å². The number of hydrogen-bond acceptors (Lipinski definition) is 6. The topological polar surface area (TPSA) is 115 Å². The predicted molar refractivity (Wildman–Crippen MR) is 117 cm³/mol. The summed E-state index contributed by atoms with van der Waals surface area (Å²) in [6.07, 6.45) is 2.19. The standard InChI is InChI=1S/C20H24N4O4S2/c1-13-6-8-24(9-7-13)17(18-3-2-10-29-18)12-21-30(27,28)14-4-5-16-15(11-14)19(25)23-20(26)22-16/h2-5,10-11,13,17,21H,6-9,12H2,1H3,(H2,22,23,25,26). The van der Waals surface area contributed by atoms with Gasteiger partial charge < -0.3 is 4.98 Å². The van der Waals surface area contributed by atoms with Crippen LogP contribution in [0.15, 0.2) is 50.2 Å². The van der Waals surface area contributed by atoms with E-state index in [-0.39, 0.29) is 22.9 Å². The van der Waals surface area contributed by atoms with Gasteiger partial charge in [0.05, 0.1) is 21.8 Å². The summed E-state index contributed by atoms with van der Waals surface area (Å²) in [5, 5.41) is 2.12. The third-order valence-electron chi connectivity index (χ3n) is 5.62. The van der Waals surface area contributed by atoms with Gasteiger partial charge in [0.25, 0.3) is 5.56 Å². The Morgan fingerprint density at radius 3 is 2.67 bits per heavy atom. The molecule has 1 aliphatic rings. The second-order valence-electron chi connectivity index (χ2n) is 7.72.